The Hall–Kier alpha value is -0.970. The normalized spacial score (nSPS) is 9.92. The molecule has 4 nitrogen and oxygen atoms in total. The van der Waals surface area contributed by atoms with E-state index < -0.39 is 5.97 Å². The standard InChI is InChI=1S/C7H8BrNO3/c1-9(2)4-3-5(7(10)11)12-6(4)8/h3H,1-2H3,(H,10,11). The lowest BCUT2D eigenvalue weighted by Gasteiger charge is -2.07. The molecule has 0 aliphatic rings. The van der Waals surface area contributed by atoms with Gasteiger partial charge in [-0.1, -0.05) is 0 Å². The highest BCUT2D eigenvalue weighted by Crippen LogP contribution is 2.28. The van der Waals surface area contributed by atoms with Crippen LogP contribution >= 0.6 is 15.9 Å². The largest absolute Gasteiger partial charge is 0.475 e. The number of carboxylic acids is 1. The smallest absolute Gasteiger partial charge is 0.371 e. The molecule has 1 aromatic rings. The van der Waals surface area contributed by atoms with Gasteiger partial charge in [0.1, 0.15) is 0 Å². The van der Waals surface area contributed by atoms with Crippen LogP contribution in [0.4, 0.5) is 5.69 Å². The van der Waals surface area contributed by atoms with Crippen molar-refractivity contribution in [2.45, 2.75) is 0 Å². The third kappa shape index (κ3) is 1.61. The van der Waals surface area contributed by atoms with Crippen LogP contribution in [-0.2, 0) is 0 Å². The lowest BCUT2D eigenvalue weighted by Crippen LogP contribution is -2.07. The monoisotopic (exact) mass is 233 g/mol. The molecule has 5 heteroatoms. The van der Waals surface area contributed by atoms with Gasteiger partial charge in [-0.25, -0.2) is 4.79 Å². The van der Waals surface area contributed by atoms with Gasteiger partial charge in [0.15, 0.2) is 4.67 Å². The van der Waals surface area contributed by atoms with Gasteiger partial charge in [0.25, 0.3) is 0 Å². The van der Waals surface area contributed by atoms with Crippen LogP contribution in [0.25, 0.3) is 0 Å². The zero-order valence-electron chi connectivity index (χ0n) is 6.67. The van der Waals surface area contributed by atoms with Gasteiger partial charge in [0, 0.05) is 20.2 Å². The van der Waals surface area contributed by atoms with E-state index in [1.54, 1.807) is 19.0 Å². The Balaban J connectivity index is 3.09. The minimum Gasteiger partial charge on any atom is -0.475 e. The summed E-state index contributed by atoms with van der Waals surface area (Å²) in [4.78, 5) is 12.2. The fourth-order valence-corrected chi connectivity index (χ4v) is 1.41. The maximum absolute atomic E-state index is 10.5. The predicted molar refractivity (Wildman–Crippen MR) is 47.7 cm³/mol. The Morgan fingerprint density at radius 1 is 1.67 bits per heavy atom. The number of hydrogen-bond donors (Lipinski definition) is 1. The van der Waals surface area contributed by atoms with E-state index in [1.165, 1.54) is 6.07 Å². The zero-order valence-corrected chi connectivity index (χ0v) is 8.25. The number of furan rings is 1. The quantitative estimate of drug-likeness (QED) is 0.847. The van der Waals surface area contributed by atoms with Gasteiger partial charge in [-0.3, -0.25) is 0 Å². The number of nitrogens with zero attached hydrogens (tertiary/aromatic N) is 1. The van der Waals surface area contributed by atoms with Gasteiger partial charge >= 0.3 is 5.97 Å². The number of carbonyl (C=O) groups is 1. The Labute approximate surface area is 77.9 Å². The molecule has 66 valence electrons. The first-order valence-corrected chi connectivity index (χ1v) is 4.01. The van der Waals surface area contributed by atoms with Gasteiger partial charge in [0.05, 0.1) is 5.69 Å². The van der Waals surface area contributed by atoms with Crippen molar-refractivity contribution in [3.63, 3.8) is 0 Å². The van der Waals surface area contributed by atoms with Crippen LogP contribution in [0.15, 0.2) is 15.2 Å². The van der Waals surface area contributed by atoms with Crippen LogP contribution in [0.1, 0.15) is 10.6 Å². The van der Waals surface area contributed by atoms with Crippen LogP contribution in [-0.4, -0.2) is 25.2 Å². The number of halogens is 1. The summed E-state index contributed by atoms with van der Waals surface area (Å²) < 4.78 is 5.35. The summed E-state index contributed by atoms with van der Waals surface area (Å²) in [5.74, 6) is -1.13. The molecular weight excluding hydrogens is 226 g/mol. The number of rotatable bonds is 2. The van der Waals surface area contributed by atoms with E-state index in [0.29, 0.717) is 10.4 Å². The molecule has 0 saturated heterocycles. The molecule has 0 aliphatic carbocycles. The molecule has 0 radical (unpaired) electrons. The van der Waals surface area contributed by atoms with Crippen molar-refractivity contribution in [3.05, 3.63) is 16.5 Å². The van der Waals surface area contributed by atoms with Gasteiger partial charge in [-0.15, -0.1) is 0 Å². The van der Waals surface area contributed by atoms with Crippen molar-refractivity contribution >= 4 is 27.6 Å². The maximum Gasteiger partial charge on any atom is 0.371 e. The van der Waals surface area contributed by atoms with E-state index in [2.05, 4.69) is 15.9 Å². The SMILES string of the molecule is CN(C)c1cc(C(=O)O)oc1Br. The first kappa shape index (κ1) is 9.12. The highest BCUT2D eigenvalue weighted by molar-refractivity contribution is 9.10. The van der Waals surface area contributed by atoms with Crippen LogP contribution in [0.2, 0.25) is 0 Å². The second-order valence-corrected chi connectivity index (χ2v) is 3.19. The summed E-state index contributed by atoms with van der Waals surface area (Å²) in [6.07, 6.45) is 0. The summed E-state index contributed by atoms with van der Waals surface area (Å²) >= 11 is 3.11. The first-order chi connectivity index (χ1) is 5.52. The Morgan fingerprint density at radius 3 is 2.50 bits per heavy atom. The van der Waals surface area contributed by atoms with Crippen LogP contribution < -0.4 is 4.90 Å². The average Bonchev–Trinajstić information content (AvgIpc) is 2.30. The van der Waals surface area contributed by atoms with Gasteiger partial charge in [-0.05, 0) is 15.9 Å². The summed E-state index contributed by atoms with van der Waals surface area (Å²) in [6, 6.07) is 1.46. The molecule has 1 aromatic heterocycles. The summed E-state index contributed by atoms with van der Waals surface area (Å²) in [7, 11) is 3.61. The summed E-state index contributed by atoms with van der Waals surface area (Å²) in [5, 5.41) is 8.57. The molecule has 0 aliphatic heterocycles. The van der Waals surface area contributed by atoms with Crippen molar-refractivity contribution in [1.29, 1.82) is 0 Å². The molecule has 0 spiro atoms. The van der Waals surface area contributed by atoms with Gasteiger partial charge in [0.2, 0.25) is 5.76 Å². The number of aromatic carboxylic acids is 1. The fraction of sp³-hybridized carbons (Fsp3) is 0.286. The molecule has 1 heterocycles. The lowest BCUT2D eigenvalue weighted by atomic mass is 10.4. The third-order valence-corrected chi connectivity index (χ3v) is 1.93. The maximum atomic E-state index is 10.5. The molecule has 1 rings (SSSR count). The van der Waals surface area contributed by atoms with Crippen LogP contribution in [0.3, 0.4) is 0 Å². The number of anilines is 1. The van der Waals surface area contributed by atoms with E-state index in [-0.39, 0.29) is 5.76 Å². The van der Waals surface area contributed by atoms with Gasteiger partial charge in [-0.2, -0.15) is 0 Å². The number of hydrogen-bond acceptors (Lipinski definition) is 3. The minimum absolute atomic E-state index is 0.0643. The molecule has 0 amide bonds. The molecular formula is C7H8BrNO3. The Morgan fingerprint density at radius 2 is 2.25 bits per heavy atom. The molecule has 0 aromatic carbocycles. The minimum atomic E-state index is -1.07. The second kappa shape index (κ2) is 3.18. The van der Waals surface area contributed by atoms with Crippen LogP contribution in [0.5, 0.6) is 0 Å². The van der Waals surface area contributed by atoms with E-state index in [9.17, 15) is 4.79 Å². The third-order valence-electron chi connectivity index (χ3n) is 1.36. The Bertz CT molecular complexity index is 306. The molecule has 0 unspecified atom stereocenters. The van der Waals surface area contributed by atoms with E-state index in [1.807, 2.05) is 0 Å². The Kier molecular flexibility index (Phi) is 2.42. The van der Waals surface area contributed by atoms with Crippen molar-refractivity contribution in [2.24, 2.45) is 0 Å². The topological polar surface area (TPSA) is 53.7 Å². The average molecular weight is 234 g/mol. The van der Waals surface area contributed by atoms with Crippen LogP contribution in [0, 0.1) is 0 Å². The number of carboxylic acid groups (broad SMARTS) is 1. The van der Waals surface area contributed by atoms with Crippen molar-refractivity contribution in [1.82, 2.24) is 0 Å². The zero-order chi connectivity index (χ0) is 9.30. The predicted octanol–water partition coefficient (Wildman–Crippen LogP) is 1.81. The molecule has 0 fully saturated rings. The first-order valence-electron chi connectivity index (χ1n) is 3.22. The highest BCUT2D eigenvalue weighted by atomic mass is 79.9. The molecule has 0 atom stereocenters. The van der Waals surface area contributed by atoms with Crippen molar-refractivity contribution in [3.8, 4) is 0 Å². The van der Waals surface area contributed by atoms with Crippen molar-refractivity contribution < 1.29 is 14.3 Å². The second-order valence-electron chi connectivity index (χ2n) is 2.47. The van der Waals surface area contributed by atoms with Crippen molar-refractivity contribution in [2.75, 3.05) is 19.0 Å². The summed E-state index contributed by atoms with van der Waals surface area (Å²) in [6.45, 7) is 0. The van der Waals surface area contributed by atoms with Gasteiger partial charge < -0.3 is 14.4 Å². The lowest BCUT2D eigenvalue weighted by molar-refractivity contribution is 0.0661. The van der Waals surface area contributed by atoms with E-state index in [0.717, 1.165) is 0 Å². The molecule has 1 N–H and O–H groups in total. The molecule has 0 bridgehead atoms. The highest BCUT2D eigenvalue weighted by Gasteiger charge is 2.14. The fourth-order valence-electron chi connectivity index (χ4n) is 0.769. The molecule has 0 saturated carbocycles. The van der Waals surface area contributed by atoms with E-state index >= 15 is 0 Å². The molecule has 12 heavy (non-hydrogen) atoms. The van der Waals surface area contributed by atoms with E-state index in [4.69, 9.17) is 9.52 Å². The summed E-state index contributed by atoms with van der Waals surface area (Å²) in [5.41, 5.74) is 0.715.